The first-order chi connectivity index (χ1) is 12.6. The maximum atomic E-state index is 13.6. The van der Waals surface area contributed by atoms with Crippen molar-refractivity contribution in [2.24, 2.45) is 5.92 Å². The fraction of sp³-hybridized carbons (Fsp3) is 0.333. The number of rotatable bonds is 4. The second kappa shape index (κ2) is 6.80. The molecule has 0 unspecified atom stereocenters. The summed E-state index contributed by atoms with van der Waals surface area (Å²) in [6.45, 7) is 1.90. The molecule has 2 N–H and O–H groups in total. The van der Waals surface area contributed by atoms with Crippen molar-refractivity contribution in [1.82, 2.24) is 24.7 Å². The highest BCUT2D eigenvalue weighted by molar-refractivity contribution is 5.86. The average molecular weight is 355 g/mol. The van der Waals surface area contributed by atoms with E-state index in [1.54, 1.807) is 6.07 Å². The number of carboxylic acids is 1. The van der Waals surface area contributed by atoms with Gasteiger partial charge in [-0.05, 0) is 56.5 Å². The predicted octanol–water partition coefficient (Wildman–Crippen LogP) is 2.17. The van der Waals surface area contributed by atoms with Gasteiger partial charge < -0.3 is 10.4 Å². The summed E-state index contributed by atoms with van der Waals surface area (Å²) in [5, 5.41) is 12.8. The molecule has 0 spiro atoms. The first kappa shape index (κ1) is 16.6. The highest BCUT2D eigenvalue weighted by Gasteiger charge is 2.19. The van der Waals surface area contributed by atoms with Crippen LogP contribution in [0.3, 0.4) is 0 Å². The monoisotopic (exact) mass is 355 g/mol. The molecule has 1 aliphatic heterocycles. The zero-order valence-electron chi connectivity index (χ0n) is 14.0. The molecule has 3 aromatic rings. The molecule has 26 heavy (non-hydrogen) atoms. The molecule has 0 aromatic carbocycles. The van der Waals surface area contributed by atoms with Gasteiger partial charge in [0.25, 0.3) is 0 Å². The van der Waals surface area contributed by atoms with E-state index in [1.165, 1.54) is 28.9 Å². The summed E-state index contributed by atoms with van der Waals surface area (Å²) >= 11 is 0. The van der Waals surface area contributed by atoms with Crippen molar-refractivity contribution in [3.63, 3.8) is 0 Å². The summed E-state index contributed by atoms with van der Waals surface area (Å²) in [5.41, 5.74) is 1.61. The molecule has 3 aromatic heterocycles. The van der Waals surface area contributed by atoms with Crippen LogP contribution in [0.4, 0.5) is 4.39 Å². The third-order valence-electron chi connectivity index (χ3n) is 4.59. The Hall–Kier alpha value is -2.87. The van der Waals surface area contributed by atoms with Gasteiger partial charge in [0.1, 0.15) is 17.2 Å². The first-order valence-electron chi connectivity index (χ1n) is 8.55. The topological polar surface area (TPSA) is 92.4 Å². The number of piperidine rings is 1. The number of hydrogen-bond donors (Lipinski definition) is 2. The molecule has 1 fully saturated rings. The minimum atomic E-state index is -1.11. The van der Waals surface area contributed by atoms with Gasteiger partial charge in [0.05, 0.1) is 6.20 Å². The number of aromatic nitrogens is 4. The van der Waals surface area contributed by atoms with Crippen LogP contribution in [0.15, 0.2) is 30.6 Å². The molecule has 0 saturated carbocycles. The average Bonchev–Trinajstić information content (AvgIpc) is 3.05. The number of hydrogen-bond acceptors (Lipinski definition) is 5. The van der Waals surface area contributed by atoms with Crippen molar-refractivity contribution >= 4 is 11.6 Å². The van der Waals surface area contributed by atoms with Gasteiger partial charge in [-0.2, -0.15) is 0 Å². The summed E-state index contributed by atoms with van der Waals surface area (Å²) < 4.78 is 15.1. The van der Waals surface area contributed by atoms with Gasteiger partial charge in [0.15, 0.2) is 11.5 Å². The standard InChI is InChI=1S/C18H18FN5O2/c19-12-3-4-16-21-9-15(24(16)10-12)17-22-13(7-14(23-17)18(25)26)6-11-2-1-5-20-8-11/h3-4,7,9-11,20H,1-2,5-6,8H2,(H,25,26)/t11-/m0/s1. The molecule has 134 valence electrons. The number of nitrogens with one attached hydrogen (secondary N) is 1. The number of carbonyl (C=O) groups is 1. The van der Waals surface area contributed by atoms with Gasteiger partial charge in [0.2, 0.25) is 0 Å². The van der Waals surface area contributed by atoms with E-state index in [0.717, 1.165) is 25.9 Å². The fourth-order valence-corrected chi connectivity index (χ4v) is 3.34. The number of nitrogens with zero attached hydrogens (tertiary/aromatic N) is 4. The van der Waals surface area contributed by atoms with Gasteiger partial charge in [-0.3, -0.25) is 4.40 Å². The lowest BCUT2D eigenvalue weighted by atomic mass is 9.94. The van der Waals surface area contributed by atoms with Crippen molar-refractivity contribution in [1.29, 1.82) is 0 Å². The lowest BCUT2D eigenvalue weighted by molar-refractivity contribution is 0.0690. The SMILES string of the molecule is O=C(O)c1cc(C[C@@H]2CCCNC2)nc(-c2cnc3ccc(F)cn23)n1. The van der Waals surface area contributed by atoms with Gasteiger partial charge in [-0.25, -0.2) is 24.1 Å². The largest absolute Gasteiger partial charge is 0.477 e. The summed E-state index contributed by atoms with van der Waals surface area (Å²) in [4.78, 5) is 24.4. The van der Waals surface area contributed by atoms with Crippen molar-refractivity contribution in [2.75, 3.05) is 13.1 Å². The highest BCUT2D eigenvalue weighted by Crippen LogP contribution is 2.21. The lowest BCUT2D eigenvalue weighted by Crippen LogP contribution is -2.31. The zero-order chi connectivity index (χ0) is 18.1. The number of pyridine rings is 1. The van der Waals surface area contributed by atoms with Gasteiger partial charge >= 0.3 is 5.97 Å². The summed E-state index contributed by atoms with van der Waals surface area (Å²) in [7, 11) is 0. The van der Waals surface area contributed by atoms with Crippen molar-refractivity contribution in [3.05, 3.63) is 47.8 Å². The zero-order valence-corrected chi connectivity index (χ0v) is 14.0. The van der Waals surface area contributed by atoms with Crippen LogP contribution in [-0.2, 0) is 6.42 Å². The molecular formula is C18H18FN5O2. The minimum absolute atomic E-state index is 0.0693. The van der Waals surface area contributed by atoms with E-state index < -0.39 is 11.8 Å². The Morgan fingerprint density at radius 3 is 3.04 bits per heavy atom. The minimum Gasteiger partial charge on any atom is -0.477 e. The second-order valence-corrected chi connectivity index (χ2v) is 6.51. The smallest absolute Gasteiger partial charge is 0.354 e. The van der Waals surface area contributed by atoms with Crippen LogP contribution in [0.2, 0.25) is 0 Å². The summed E-state index contributed by atoms with van der Waals surface area (Å²) in [5.74, 6) is -0.883. The molecule has 7 nitrogen and oxygen atoms in total. The summed E-state index contributed by atoms with van der Waals surface area (Å²) in [6, 6.07) is 4.39. The van der Waals surface area contributed by atoms with E-state index in [0.29, 0.717) is 29.4 Å². The van der Waals surface area contributed by atoms with Crippen molar-refractivity contribution in [2.45, 2.75) is 19.3 Å². The van der Waals surface area contributed by atoms with E-state index in [9.17, 15) is 14.3 Å². The van der Waals surface area contributed by atoms with Crippen LogP contribution >= 0.6 is 0 Å². The Morgan fingerprint density at radius 2 is 2.27 bits per heavy atom. The Morgan fingerprint density at radius 1 is 1.38 bits per heavy atom. The molecule has 0 bridgehead atoms. The Labute approximate surface area is 148 Å². The quantitative estimate of drug-likeness (QED) is 0.745. The molecule has 0 amide bonds. The van der Waals surface area contributed by atoms with Crippen LogP contribution in [0.5, 0.6) is 0 Å². The number of carboxylic acid groups (broad SMARTS) is 1. The maximum Gasteiger partial charge on any atom is 0.354 e. The third kappa shape index (κ3) is 3.28. The fourth-order valence-electron chi connectivity index (χ4n) is 3.34. The highest BCUT2D eigenvalue weighted by atomic mass is 19.1. The summed E-state index contributed by atoms with van der Waals surface area (Å²) in [6.07, 6.45) is 5.67. The van der Waals surface area contributed by atoms with Crippen LogP contribution in [0.1, 0.15) is 29.0 Å². The molecule has 1 aliphatic rings. The van der Waals surface area contributed by atoms with Gasteiger partial charge in [-0.15, -0.1) is 0 Å². The number of aromatic carboxylic acids is 1. The number of fused-ring (bicyclic) bond motifs is 1. The van der Waals surface area contributed by atoms with E-state index in [1.807, 2.05) is 0 Å². The van der Waals surface area contributed by atoms with Crippen LogP contribution < -0.4 is 5.32 Å². The molecule has 1 atom stereocenters. The van der Waals surface area contributed by atoms with Crippen molar-refractivity contribution in [3.8, 4) is 11.5 Å². The Kier molecular flexibility index (Phi) is 4.34. The van der Waals surface area contributed by atoms with Crippen LogP contribution in [-0.4, -0.2) is 43.5 Å². The molecule has 0 radical (unpaired) electrons. The molecule has 0 aliphatic carbocycles. The number of halogens is 1. The maximum absolute atomic E-state index is 13.6. The van der Waals surface area contributed by atoms with Crippen molar-refractivity contribution < 1.29 is 14.3 Å². The molecule has 1 saturated heterocycles. The third-order valence-corrected chi connectivity index (χ3v) is 4.59. The Balaban J connectivity index is 1.76. The Bertz CT molecular complexity index is 965. The van der Waals surface area contributed by atoms with Crippen LogP contribution in [0.25, 0.3) is 17.2 Å². The van der Waals surface area contributed by atoms with E-state index >= 15 is 0 Å². The lowest BCUT2D eigenvalue weighted by Gasteiger charge is -2.22. The first-order valence-corrected chi connectivity index (χ1v) is 8.55. The normalized spacial score (nSPS) is 17.5. The molecule has 4 rings (SSSR count). The van der Waals surface area contributed by atoms with E-state index in [2.05, 4.69) is 20.3 Å². The molecule has 8 heteroatoms. The van der Waals surface area contributed by atoms with Crippen LogP contribution in [0, 0.1) is 11.7 Å². The van der Waals surface area contributed by atoms with Gasteiger partial charge in [-0.1, -0.05) is 0 Å². The predicted molar refractivity (Wildman–Crippen MR) is 92.4 cm³/mol. The molecule has 4 heterocycles. The van der Waals surface area contributed by atoms with Gasteiger partial charge in [0, 0.05) is 11.9 Å². The second-order valence-electron chi connectivity index (χ2n) is 6.51. The molecular weight excluding hydrogens is 337 g/mol. The number of imidazole rings is 1. The van der Waals surface area contributed by atoms with E-state index in [4.69, 9.17) is 0 Å². The van der Waals surface area contributed by atoms with E-state index in [-0.39, 0.29) is 11.5 Å².